The minimum absolute atomic E-state index is 0.453. The predicted molar refractivity (Wildman–Crippen MR) is 246 cm³/mol. The zero-order chi connectivity index (χ0) is 39.1. The average molecular weight is 801 g/mol. The molecule has 4 heterocycles. The number of thiophene rings is 2. The number of fused-ring (bicyclic) bond motifs is 4. The summed E-state index contributed by atoms with van der Waals surface area (Å²) >= 11 is 3.64. The van der Waals surface area contributed by atoms with E-state index in [1.54, 1.807) is 21.7 Å². The maximum Gasteiger partial charge on any atom is 0.278 e. The summed E-state index contributed by atoms with van der Waals surface area (Å²) in [5.74, 6) is 0.905. The number of nitrogens with zero attached hydrogens (tertiary/aromatic N) is 2. The number of rotatable bonds is 20. The van der Waals surface area contributed by atoms with Crippen LogP contribution in [0.3, 0.4) is 0 Å². The summed E-state index contributed by atoms with van der Waals surface area (Å²) in [5.41, 5.74) is 9.60. The first kappa shape index (κ1) is 40.4. The van der Waals surface area contributed by atoms with Crippen molar-refractivity contribution in [2.24, 2.45) is 0 Å². The molecule has 294 valence electrons. The highest BCUT2D eigenvalue weighted by molar-refractivity contribution is 7.19. The van der Waals surface area contributed by atoms with Crippen LogP contribution in [0.4, 0.5) is 0 Å². The van der Waals surface area contributed by atoms with Crippen LogP contribution in [-0.2, 0) is 0 Å². The van der Waals surface area contributed by atoms with Crippen molar-refractivity contribution in [3.8, 4) is 54.2 Å². The number of hydrogen-bond acceptors (Lipinski definition) is 6. The summed E-state index contributed by atoms with van der Waals surface area (Å²) in [7, 11) is -1.99. The number of aromatic nitrogens is 2. The molecule has 0 aliphatic carbocycles. The molecular weight excluding hydrogens is 741 g/mol. The van der Waals surface area contributed by atoms with Gasteiger partial charge in [-0.3, -0.25) is 0 Å². The molecule has 56 heavy (non-hydrogen) atoms. The van der Waals surface area contributed by atoms with Crippen LogP contribution < -0.4 is 19.8 Å². The molecule has 0 fully saturated rings. The highest BCUT2D eigenvalue weighted by Crippen LogP contribution is 2.44. The summed E-state index contributed by atoms with van der Waals surface area (Å²) in [6.07, 6.45) is 14.8. The standard InChI is InChI=1S/C49H60N2O2S2Si/c1-7-11-13-15-17-19-31-56(30-18-16-14-12-8-2)44-32-34(5)20-23-37(44)38-24-22-36(33-45(38)56)41-28-29-43(55-41)40-26-25-39(42-27-21-35(6)54-42)46-47(40)51-49(53-10-4)48(50-46)52-9-3/h20-29,32-33H,7-19,30-31H2,1-6H3. The van der Waals surface area contributed by atoms with Gasteiger partial charge in [-0.15, -0.1) is 22.7 Å². The van der Waals surface area contributed by atoms with E-state index in [1.807, 2.05) is 25.2 Å². The second-order valence-electron chi connectivity index (χ2n) is 15.7. The fourth-order valence-corrected chi connectivity index (χ4v) is 16.5. The smallest absolute Gasteiger partial charge is 0.278 e. The number of unbranched alkanes of at least 4 members (excludes halogenated alkanes) is 9. The maximum atomic E-state index is 6.02. The molecule has 7 heteroatoms. The second-order valence-corrected chi connectivity index (χ2v) is 22.3. The van der Waals surface area contributed by atoms with Gasteiger partial charge in [0.1, 0.15) is 19.1 Å². The Labute approximate surface area is 344 Å². The highest BCUT2D eigenvalue weighted by Gasteiger charge is 2.44. The average Bonchev–Trinajstić information content (AvgIpc) is 3.93. The Bertz CT molecular complexity index is 2260. The molecule has 1 atom stereocenters. The molecule has 0 amide bonds. The largest absolute Gasteiger partial charge is 0.474 e. The molecule has 0 saturated carbocycles. The normalized spacial score (nSPS) is 14.7. The minimum atomic E-state index is -1.99. The lowest BCUT2D eigenvalue weighted by Crippen LogP contribution is -2.55. The number of aryl methyl sites for hydroxylation is 2. The van der Waals surface area contributed by atoms with Gasteiger partial charge in [0.05, 0.1) is 13.2 Å². The third-order valence-corrected chi connectivity index (χ3v) is 19.2. The van der Waals surface area contributed by atoms with Crippen LogP contribution in [0.25, 0.3) is 53.5 Å². The first-order valence-electron chi connectivity index (χ1n) is 21.4. The molecule has 1 aliphatic heterocycles. The van der Waals surface area contributed by atoms with Crippen molar-refractivity contribution in [2.45, 2.75) is 124 Å². The SMILES string of the molecule is CCCCCCCC[Si]1(CCCCCCC)c2cc(C)ccc2-c2ccc(-c3ccc(-c4ccc(-c5ccc(C)s5)c5nc(OCC)c(OCC)nc45)s3)cc21. The molecule has 0 radical (unpaired) electrons. The van der Waals surface area contributed by atoms with E-state index in [1.165, 1.54) is 124 Å². The molecule has 6 aromatic rings. The fraction of sp³-hybridized carbons (Fsp3) is 0.429. The Balaban J connectivity index is 1.29. The van der Waals surface area contributed by atoms with E-state index in [9.17, 15) is 0 Å². The van der Waals surface area contributed by atoms with Crippen molar-refractivity contribution >= 4 is 52.2 Å². The van der Waals surface area contributed by atoms with Crippen LogP contribution in [0, 0.1) is 13.8 Å². The minimum Gasteiger partial charge on any atom is -0.474 e. The van der Waals surface area contributed by atoms with Crippen molar-refractivity contribution in [3.05, 3.63) is 83.2 Å². The maximum absolute atomic E-state index is 6.02. The van der Waals surface area contributed by atoms with Crippen LogP contribution in [0.1, 0.15) is 109 Å². The Hall–Kier alpha value is -3.78. The Morgan fingerprint density at radius 3 is 1.57 bits per heavy atom. The molecule has 3 aromatic heterocycles. The molecule has 0 spiro atoms. The van der Waals surface area contributed by atoms with Gasteiger partial charge in [-0.2, -0.15) is 0 Å². The molecule has 7 rings (SSSR count). The van der Waals surface area contributed by atoms with Crippen molar-refractivity contribution in [1.82, 2.24) is 9.97 Å². The van der Waals surface area contributed by atoms with Crippen LogP contribution in [0.15, 0.2) is 72.8 Å². The quantitative estimate of drug-likeness (QED) is 0.0570. The van der Waals surface area contributed by atoms with Crippen LogP contribution in [0.5, 0.6) is 11.8 Å². The van der Waals surface area contributed by atoms with Gasteiger partial charge in [0.15, 0.2) is 0 Å². The number of benzene rings is 3. The molecule has 1 unspecified atom stereocenters. The Morgan fingerprint density at radius 2 is 1.00 bits per heavy atom. The number of hydrogen-bond donors (Lipinski definition) is 0. The van der Waals surface area contributed by atoms with Gasteiger partial charge in [0.2, 0.25) is 0 Å². The Kier molecular flexibility index (Phi) is 13.5. The zero-order valence-electron chi connectivity index (χ0n) is 34.6. The van der Waals surface area contributed by atoms with E-state index in [0.29, 0.717) is 25.0 Å². The van der Waals surface area contributed by atoms with E-state index in [2.05, 4.69) is 100 Å². The van der Waals surface area contributed by atoms with Crippen LogP contribution in [-0.4, -0.2) is 31.3 Å². The Morgan fingerprint density at radius 1 is 0.500 bits per heavy atom. The second kappa shape index (κ2) is 18.7. The first-order valence-corrected chi connectivity index (χ1v) is 25.5. The van der Waals surface area contributed by atoms with Crippen molar-refractivity contribution in [1.29, 1.82) is 0 Å². The molecule has 1 aliphatic rings. The van der Waals surface area contributed by atoms with Gasteiger partial charge < -0.3 is 9.47 Å². The van der Waals surface area contributed by atoms with Crippen molar-refractivity contribution in [3.63, 3.8) is 0 Å². The third kappa shape index (κ3) is 8.42. The van der Waals surface area contributed by atoms with Gasteiger partial charge in [-0.25, -0.2) is 9.97 Å². The third-order valence-electron chi connectivity index (χ3n) is 11.7. The van der Waals surface area contributed by atoms with Gasteiger partial charge in [0.25, 0.3) is 11.8 Å². The lowest BCUT2D eigenvalue weighted by atomic mass is 10.0. The van der Waals surface area contributed by atoms with E-state index in [4.69, 9.17) is 19.4 Å². The van der Waals surface area contributed by atoms with Crippen molar-refractivity contribution in [2.75, 3.05) is 13.2 Å². The van der Waals surface area contributed by atoms with Crippen molar-refractivity contribution < 1.29 is 9.47 Å². The molecular formula is C49H60N2O2S2Si. The van der Waals surface area contributed by atoms with Crippen LogP contribution in [0.2, 0.25) is 12.1 Å². The van der Waals surface area contributed by atoms with Crippen LogP contribution >= 0.6 is 22.7 Å². The highest BCUT2D eigenvalue weighted by atomic mass is 32.1. The lowest BCUT2D eigenvalue weighted by Gasteiger charge is -2.31. The summed E-state index contributed by atoms with van der Waals surface area (Å²) in [6.45, 7) is 14.0. The molecule has 3 aromatic carbocycles. The summed E-state index contributed by atoms with van der Waals surface area (Å²) in [4.78, 5) is 15.2. The topological polar surface area (TPSA) is 44.2 Å². The first-order chi connectivity index (χ1) is 27.4. The van der Waals surface area contributed by atoms with Gasteiger partial charge >= 0.3 is 0 Å². The van der Waals surface area contributed by atoms with E-state index in [-0.39, 0.29) is 0 Å². The summed E-state index contributed by atoms with van der Waals surface area (Å²) in [5, 5.41) is 3.40. The van der Waals surface area contributed by atoms with Gasteiger partial charge in [-0.05, 0) is 91.1 Å². The predicted octanol–water partition coefficient (Wildman–Crippen LogP) is 14.0. The number of ether oxygens (including phenoxy) is 2. The summed E-state index contributed by atoms with van der Waals surface area (Å²) < 4.78 is 12.0. The summed E-state index contributed by atoms with van der Waals surface area (Å²) in [6, 6.07) is 31.0. The molecule has 0 N–H and O–H groups in total. The zero-order valence-corrected chi connectivity index (χ0v) is 37.2. The molecule has 0 saturated heterocycles. The van der Waals surface area contributed by atoms with Gasteiger partial charge in [0, 0.05) is 30.6 Å². The van der Waals surface area contributed by atoms with E-state index < -0.39 is 8.07 Å². The lowest BCUT2D eigenvalue weighted by molar-refractivity contribution is 0.271. The van der Waals surface area contributed by atoms with Gasteiger partial charge in [-0.1, -0.05) is 139 Å². The molecule has 0 bridgehead atoms. The van der Waals surface area contributed by atoms with E-state index >= 15 is 0 Å². The molecule has 4 nitrogen and oxygen atoms in total. The van der Waals surface area contributed by atoms with E-state index in [0.717, 1.165) is 22.2 Å². The monoisotopic (exact) mass is 800 g/mol. The fourth-order valence-electron chi connectivity index (χ4n) is 8.84.